The summed E-state index contributed by atoms with van der Waals surface area (Å²) in [6.45, 7) is 2.53. The summed E-state index contributed by atoms with van der Waals surface area (Å²) in [4.78, 5) is 8.64. The predicted octanol–water partition coefficient (Wildman–Crippen LogP) is 2.25. The number of anilines is 2. The van der Waals surface area contributed by atoms with Crippen molar-refractivity contribution >= 4 is 11.5 Å². The van der Waals surface area contributed by atoms with Crippen LogP contribution in [0, 0.1) is 0 Å². The van der Waals surface area contributed by atoms with Crippen LogP contribution in [0.15, 0.2) is 24.3 Å². The quantitative estimate of drug-likeness (QED) is 0.848. The molecule has 112 valence electrons. The molecule has 1 heterocycles. The first-order valence-electron chi connectivity index (χ1n) is 6.75. The third-order valence-corrected chi connectivity index (χ3v) is 3.11. The van der Waals surface area contributed by atoms with E-state index in [-0.39, 0.29) is 0 Å². The molecule has 1 aromatic carbocycles. The second-order valence-corrected chi connectivity index (χ2v) is 4.43. The molecule has 6 heteroatoms. The van der Waals surface area contributed by atoms with Crippen LogP contribution in [0.2, 0.25) is 0 Å². The zero-order chi connectivity index (χ0) is 15.2. The number of methoxy groups -OCH3 is 2. The van der Waals surface area contributed by atoms with Gasteiger partial charge in [0.05, 0.1) is 14.2 Å². The summed E-state index contributed by atoms with van der Waals surface area (Å²) < 4.78 is 10.5. The van der Waals surface area contributed by atoms with E-state index < -0.39 is 0 Å². The van der Waals surface area contributed by atoms with Gasteiger partial charge in [-0.15, -0.1) is 0 Å². The predicted molar refractivity (Wildman–Crippen MR) is 82.7 cm³/mol. The minimum atomic E-state index is 0.393. The van der Waals surface area contributed by atoms with Gasteiger partial charge in [-0.3, -0.25) is 0 Å². The van der Waals surface area contributed by atoms with Crippen LogP contribution in [0.25, 0.3) is 0 Å². The molecule has 0 radical (unpaired) electrons. The normalized spacial score (nSPS) is 10.2. The van der Waals surface area contributed by atoms with Crippen molar-refractivity contribution in [3.8, 4) is 11.6 Å². The van der Waals surface area contributed by atoms with E-state index in [1.165, 1.54) is 0 Å². The molecule has 6 nitrogen and oxygen atoms in total. The van der Waals surface area contributed by atoms with E-state index in [0.717, 1.165) is 11.3 Å². The first kappa shape index (κ1) is 14.9. The number of rotatable bonds is 6. The Labute approximate surface area is 124 Å². The van der Waals surface area contributed by atoms with Gasteiger partial charge < -0.3 is 20.5 Å². The highest BCUT2D eigenvalue weighted by Gasteiger charge is 2.12. The minimum absolute atomic E-state index is 0.393. The Morgan fingerprint density at radius 3 is 2.57 bits per heavy atom. The third kappa shape index (κ3) is 3.34. The molecule has 0 spiro atoms. The Balaban J connectivity index is 2.23. The number of nitrogens with two attached hydrogens (primary N) is 1. The lowest BCUT2D eigenvalue weighted by molar-refractivity contribution is 0.397. The number of nitrogens with zero attached hydrogens (tertiary/aromatic N) is 2. The van der Waals surface area contributed by atoms with Gasteiger partial charge in [0.15, 0.2) is 5.82 Å². The SMILES string of the molecule is CCc1nc(NCc2ccccc2OC)c(N)c(OC)n1. The van der Waals surface area contributed by atoms with Gasteiger partial charge in [0.25, 0.3) is 0 Å². The summed E-state index contributed by atoms with van der Waals surface area (Å²) in [5.74, 6) is 2.47. The maximum atomic E-state index is 6.01. The van der Waals surface area contributed by atoms with Crippen molar-refractivity contribution in [1.29, 1.82) is 0 Å². The Kier molecular flexibility index (Phi) is 4.81. The molecule has 0 saturated carbocycles. The van der Waals surface area contributed by atoms with Gasteiger partial charge >= 0.3 is 0 Å². The second kappa shape index (κ2) is 6.78. The van der Waals surface area contributed by atoms with Gasteiger partial charge in [-0.2, -0.15) is 4.98 Å². The topological polar surface area (TPSA) is 82.3 Å². The molecule has 2 rings (SSSR count). The first-order valence-corrected chi connectivity index (χ1v) is 6.75. The van der Waals surface area contributed by atoms with E-state index in [9.17, 15) is 0 Å². The number of aromatic nitrogens is 2. The summed E-state index contributed by atoms with van der Waals surface area (Å²) in [6, 6.07) is 7.79. The highest BCUT2D eigenvalue weighted by atomic mass is 16.5. The highest BCUT2D eigenvalue weighted by molar-refractivity contribution is 5.67. The van der Waals surface area contributed by atoms with Crippen molar-refractivity contribution < 1.29 is 9.47 Å². The zero-order valence-electron chi connectivity index (χ0n) is 12.5. The van der Waals surface area contributed by atoms with Crippen LogP contribution in [-0.2, 0) is 13.0 Å². The van der Waals surface area contributed by atoms with Crippen LogP contribution < -0.4 is 20.5 Å². The van der Waals surface area contributed by atoms with Gasteiger partial charge in [0.2, 0.25) is 5.88 Å². The number of aryl methyl sites for hydroxylation is 1. The van der Waals surface area contributed by atoms with Crippen molar-refractivity contribution in [3.05, 3.63) is 35.7 Å². The number of para-hydroxylation sites is 1. The molecule has 0 aliphatic rings. The van der Waals surface area contributed by atoms with Gasteiger partial charge in [-0.25, -0.2) is 4.98 Å². The molecule has 0 amide bonds. The van der Waals surface area contributed by atoms with Crippen LogP contribution in [0.3, 0.4) is 0 Å². The lowest BCUT2D eigenvalue weighted by atomic mass is 10.2. The van der Waals surface area contributed by atoms with Gasteiger partial charge in [0.1, 0.15) is 17.3 Å². The molecule has 0 unspecified atom stereocenters. The summed E-state index contributed by atoms with van der Waals surface area (Å²) in [7, 11) is 3.19. The Morgan fingerprint density at radius 2 is 1.90 bits per heavy atom. The third-order valence-electron chi connectivity index (χ3n) is 3.11. The van der Waals surface area contributed by atoms with Crippen LogP contribution in [0.4, 0.5) is 11.5 Å². The number of nitrogen functional groups attached to an aromatic ring is 1. The first-order chi connectivity index (χ1) is 10.2. The fourth-order valence-electron chi connectivity index (χ4n) is 1.97. The smallest absolute Gasteiger partial charge is 0.242 e. The molecular formula is C15H20N4O2. The Bertz CT molecular complexity index is 617. The molecule has 1 aromatic heterocycles. The van der Waals surface area contributed by atoms with Crippen LogP contribution in [-0.4, -0.2) is 24.2 Å². The van der Waals surface area contributed by atoms with Crippen molar-refractivity contribution in [1.82, 2.24) is 9.97 Å². The average molecular weight is 288 g/mol. The number of nitrogens with one attached hydrogen (secondary N) is 1. The van der Waals surface area contributed by atoms with Crippen molar-refractivity contribution in [3.63, 3.8) is 0 Å². The van der Waals surface area contributed by atoms with E-state index in [0.29, 0.717) is 36.2 Å². The summed E-state index contributed by atoms with van der Waals surface area (Å²) >= 11 is 0. The molecule has 0 atom stereocenters. The second-order valence-electron chi connectivity index (χ2n) is 4.43. The van der Waals surface area contributed by atoms with Crippen LogP contribution >= 0.6 is 0 Å². The summed E-state index contributed by atoms with van der Waals surface area (Å²) in [6.07, 6.45) is 0.708. The number of benzene rings is 1. The molecular weight excluding hydrogens is 268 g/mol. The minimum Gasteiger partial charge on any atom is -0.496 e. The Hall–Kier alpha value is -2.50. The van der Waals surface area contributed by atoms with Crippen LogP contribution in [0.5, 0.6) is 11.6 Å². The van der Waals surface area contributed by atoms with Crippen molar-refractivity contribution in [2.45, 2.75) is 19.9 Å². The maximum absolute atomic E-state index is 6.01. The average Bonchev–Trinajstić information content (AvgIpc) is 2.54. The number of hydrogen-bond donors (Lipinski definition) is 2. The van der Waals surface area contributed by atoms with E-state index in [1.807, 2.05) is 31.2 Å². The maximum Gasteiger partial charge on any atom is 0.242 e. The fraction of sp³-hybridized carbons (Fsp3) is 0.333. The molecule has 0 aliphatic heterocycles. The van der Waals surface area contributed by atoms with Crippen molar-refractivity contribution in [2.24, 2.45) is 0 Å². The lowest BCUT2D eigenvalue weighted by Gasteiger charge is -2.13. The Morgan fingerprint density at radius 1 is 1.14 bits per heavy atom. The zero-order valence-corrected chi connectivity index (χ0v) is 12.5. The van der Waals surface area contributed by atoms with E-state index in [1.54, 1.807) is 14.2 Å². The van der Waals surface area contributed by atoms with Crippen LogP contribution in [0.1, 0.15) is 18.3 Å². The van der Waals surface area contributed by atoms with Gasteiger partial charge in [-0.05, 0) is 6.07 Å². The van der Waals surface area contributed by atoms with Gasteiger partial charge in [0, 0.05) is 18.5 Å². The highest BCUT2D eigenvalue weighted by Crippen LogP contribution is 2.27. The molecule has 3 N–H and O–H groups in total. The molecule has 0 saturated heterocycles. The molecule has 21 heavy (non-hydrogen) atoms. The molecule has 0 bridgehead atoms. The van der Waals surface area contributed by atoms with E-state index in [4.69, 9.17) is 15.2 Å². The largest absolute Gasteiger partial charge is 0.496 e. The summed E-state index contributed by atoms with van der Waals surface area (Å²) in [5.41, 5.74) is 7.44. The lowest BCUT2D eigenvalue weighted by Crippen LogP contribution is -2.10. The monoisotopic (exact) mass is 288 g/mol. The molecule has 0 aliphatic carbocycles. The number of ether oxygens (including phenoxy) is 2. The molecule has 2 aromatic rings. The van der Waals surface area contributed by atoms with E-state index >= 15 is 0 Å². The summed E-state index contributed by atoms with van der Waals surface area (Å²) in [5, 5.41) is 3.22. The van der Waals surface area contributed by atoms with E-state index in [2.05, 4.69) is 15.3 Å². The molecule has 0 fully saturated rings. The van der Waals surface area contributed by atoms with Crippen molar-refractivity contribution in [2.75, 3.05) is 25.3 Å². The van der Waals surface area contributed by atoms with Gasteiger partial charge in [-0.1, -0.05) is 25.1 Å². The fourth-order valence-corrected chi connectivity index (χ4v) is 1.97. The number of hydrogen-bond acceptors (Lipinski definition) is 6. The standard InChI is InChI=1S/C15H20N4O2/c1-4-12-18-14(13(16)15(19-12)21-3)17-9-10-7-5-6-8-11(10)20-2/h5-8H,4,9,16H2,1-3H3,(H,17,18,19).